The van der Waals surface area contributed by atoms with E-state index in [9.17, 15) is 9.90 Å². The summed E-state index contributed by atoms with van der Waals surface area (Å²) >= 11 is 0. The number of benzene rings is 3. The van der Waals surface area contributed by atoms with Gasteiger partial charge in [-0.25, -0.2) is 4.39 Å². The van der Waals surface area contributed by atoms with E-state index in [4.69, 9.17) is 4.74 Å². The second kappa shape index (κ2) is 7.34. The number of nitrogens with zero attached hydrogens (tertiary/aromatic N) is 1. The topological polar surface area (TPSA) is 59.4 Å². The van der Waals surface area contributed by atoms with Gasteiger partial charge in [0.25, 0.3) is 0 Å². The standard InChI is InChI=1S/C26H22FNO3/c1-3-15-4-5-17-20(25(15)27)12-14(2)19(13-22(29)30)24(17)18-6-7-21-23-16(9-11-31-21)8-10-28-26(18)23/h4-8,10,12H,3,9,11,13H2,1-2H3,(H,29,30). The van der Waals surface area contributed by atoms with Crippen molar-refractivity contribution in [2.24, 2.45) is 0 Å². The molecule has 1 aromatic heterocycles. The number of ether oxygens (including phenoxy) is 1. The quantitative estimate of drug-likeness (QED) is 0.469. The summed E-state index contributed by atoms with van der Waals surface area (Å²) in [5, 5.41) is 11.8. The van der Waals surface area contributed by atoms with Crippen molar-refractivity contribution in [3.8, 4) is 16.9 Å². The highest BCUT2D eigenvalue weighted by Gasteiger charge is 2.23. The SMILES string of the molecule is CCc1ccc2c(-c3ccc4c5c(ccnc35)CCO4)c(CC(=O)O)c(C)cc2c1F. The number of hydrogen-bond acceptors (Lipinski definition) is 3. The zero-order chi connectivity index (χ0) is 21.7. The Kier molecular flexibility index (Phi) is 4.62. The highest BCUT2D eigenvalue weighted by Crippen LogP contribution is 2.43. The van der Waals surface area contributed by atoms with Crippen molar-refractivity contribution in [2.45, 2.75) is 33.1 Å². The first-order chi connectivity index (χ1) is 15.0. The molecule has 1 aliphatic heterocycles. The Morgan fingerprint density at radius 2 is 2.03 bits per heavy atom. The number of hydrogen-bond donors (Lipinski definition) is 1. The maximum absolute atomic E-state index is 15.3. The molecule has 0 unspecified atom stereocenters. The van der Waals surface area contributed by atoms with Gasteiger partial charge in [-0.05, 0) is 70.8 Å². The van der Waals surface area contributed by atoms with E-state index in [1.54, 1.807) is 18.3 Å². The van der Waals surface area contributed by atoms with Gasteiger partial charge in [-0.3, -0.25) is 9.78 Å². The van der Waals surface area contributed by atoms with E-state index in [0.29, 0.717) is 34.9 Å². The molecule has 2 heterocycles. The van der Waals surface area contributed by atoms with Gasteiger partial charge >= 0.3 is 5.97 Å². The third-order valence-corrected chi connectivity index (χ3v) is 6.22. The van der Waals surface area contributed by atoms with Crippen LogP contribution >= 0.6 is 0 Å². The van der Waals surface area contributed by atoms with Crippen LogP contribution in [0.5, 0.6) is 5.75 Å². The van der Waals surface area contributed by atoms with Crippen LogP contribution in [0.2, 0.25) is 0 Å². The maximum atomic E-state index is 15.3. The molecule has 5 heteroatoms. The number of carboxylic acid groups (broad SMARTS) is 1. The number of fused-ring (bicyclic) bond motifs is 1. The first-order valence-corrected chi connectivity index (χ1v) is 10.5. The van der Waals surface area contributed by atoms with Crippen LogP contribution in [0.25, 0.3) is 32.8 Å². The number of halogens is 1. The summed E-state index contributed by atoms with van der Waals surface area (Å²) in [7, 11) is 0. The van der Waals surface area contributed by atoms with Crippen LogP contribution in [0.1, 0.15) is 29.2 Å². The Labute approximate surface area is 179 Å². The smallest absolute Gasteiger partial charge is 0.307 e. The lowest BCUT2D eigenvalue weighted by molar-refractivity contribution is -0.136. The molecule has 3 aromatic carbocycles. The largest absolute Gasteiger partial charge is 0.493 e. The van der Waals surface area contributed by atoms with E-state index in [1.807, 2.05) is 38.1 Å². The van der Waals surface area contributed by atoms with Crippen molar-refractivity contribution in [3.63, 3.8) is 0 Å². The molecular weight excluding hydrogens is 393 g/mol. The summed E-state index contributed by atoms with van der Waals surface area (Å²) in [6.07, 6.45) is 3.02. The Hall–Kier alpha value is -3.47. The van der Waals surface area contributed by atoms with Crippen LogP contribution in [0, 0.1) is 12.7 Å². The van der Waals surface area contributed by atoms with E-state index in [2.05, 4.69) is 4.98 Å². The summed E-state index contributed by atoms with van der Waals surface area (Å²) in [5.74, 6) is -0.386. The second-order valence-electron chi connectivity index (χ2n) is 8.01. The Bertz CT molecular complexity index is 1370. The van der Waals surface area contributed by atoms with Crippen LogP contribution < -0.4 is 4.74 Å². The molecule has 4 nitrogen and oxygen atoms in total. The first-order valence-electron chi connectivity index (χ1n) is 10.5. The first kappa shape index (κ1) is 19.5. The zero-order valence-electron chi connectivity index (χ0n) is 17.5. The van der Waals surface area contributed by atoms with Gasteiger partial charge in [-0.2, -0.15) is 0 Å². The minimum atomic E-state index is -0.923. The predicted octanol–water partition coefficient (Wildman–Crippen LogP) is 5.63. The van der Waals surface area contributed by atoms with Crippen LogP contribution in [-0.2, 0) is 24.1 Å². The second-order valence-corrected chi connectivity index (χ2v) is 8.01. The third-order valence-electron chi connectivity index (χ3n) is 6.22. The number of pyridine rings is 1. The van der Waals surface area contributed by atoms with Crippen molar-refractivity contribution in [1.82, 2.24) is 4.98 Å². The fourth-order valence-electron chi connectivity index (χ4n) is 4.72. The lowest BCUT2D eigenvalue weighted by Crippen LogP contribution is -2.10. The van der Waals surface area contributed by atoms with Crippen molar-refractivity contribution in [2.75, 3.05) is 6.61 Å². The fourth-order valence-corrected chi connectivity index (χ4v) is 4.72. The summed E-state index contributed by atoms with van der Waals surface area (Å²) in [6.45, 7) is 4.39. The van der Waals surface area contributed by atoms with Crippen molar-refractivity contribution < 1.29 is 19.0 Å². The highest BCUT2D eigenvalue weighted by atomic mass is 19.1. The molecule has 0 saturated heterocycles. The average Bonchev–Trinajstić information content (AvgIpc) is 2.76. The predicted molar refractivity (Wildman–Crippen MR) is 119 cm³/mol. The van der Waals surface area contributed by atoms with Gasteiger partial charge in [0.1, 0.15) is 11.6 Å². The summed E-state index contributed by atoms with van der Waals surface area (Å²) in [6, 6.07) is 11.3. The molecule has 1 aliphatic rings. The Balaban J connectivity index is 1.93. The van der Waals surface area contributed by atoms with E-state index < -0.39 is 5.97 Å². The van der Waals surface area contributed by atoms with Gasteiger partial charge in [0.05, 0.1) is 18.5 Å². The number of rotatable bonds is 4. The molecule has 0 radical (unpaired) electrons. The molecule has 0 fully saturated rings. The number of carbonyl (C=O) groups is 1. The van der Waals surface area contributed by atoms with E-state index in [0.717, 1.165) is 45.3 Å². The monoisotopic (exact) mass is 415 g/mol. The normalized spacial score (nSPS) is 12.9. The van der Waals surface area contributed by atoms with Gasteiger partial charge in [-0.1, -0.05) is 19.1 Å². The molecule has 31 heavy (non-hydrogen) atoms. The van der Waals surface area contributed by atoms with Crippen LogP contribution in [0.3, 0.4) is 0 Å². The minimum absolute atomic E-state index is 0.145. The van der Waals surface area contributed by atoms with Crippen molar-refractivity contribution >= 4 is 27.6 Å². The Morgan fingerprint density at radius 1 is 1.19 bits per heavy atom. The van der Waals surface area contributed by atoms with E-state index in [-0.39, 0.29) is 12.2 Å². The number of aryl methyl sites for hydroxylation is 2. The minimum Gasteiger partial charge on any atom is -0.493 e. The molecule has 1 N–H and O–H groups in total. The highest BCUT2D eigenvalue weighted by molar-refractivity contribution is 6.08. The van der Waals surface area contributed by atoms with Crippen LogP contribution in [-0.4, -0.2) is 22.7 Å². The lowest BCUT2D eigenvalue weighted by atomic mass is 9.86. The van der Waals surface area contributed by atoms with Crippen molar-refractivity contribution in [1.29, 1.82) is 0 Å². The zero-order valence-corrected chi connectivity index (χ0v) is 17.5. The molecule has 0 amide bonds. The number of aliphatic carboxylic acids is 1. The molecule has 4 aromatic rings. The van der Waals surface area contributed by atoms with Gasteiger partial charge in [0.15, 0.2) is 0 Å². The van der Waals surface area contributed by atoms with Gasteiger partial charge in [-0.15, -0.1) is 0 Å². The molecule has 0 bridgehead atoms. The molecule has 0 spiro atoms. The fraction of sp³-hybridized carbons (Fsp3) is 0.231. The number of carboxylic acids is 1. The summed E-state index contributed by atoms with van der Waals surface area (Å²) < 4.78 is 21.1. The van der Waals surface area contributed by atoms with E-state index >= 15 is 4.39 Å². The molecule has 156 valence electrons. The number of aromatic nitrogens is 1. The summed E-state index contributed by atoms with van der Waals surface area (Å²) in [4.78, 5) is 16.4. The molecule has 0 aliphatic carbocycles. The molecule has 0 atom stereocenters. The molecular formula is C26H22FNO3. The third kappa shape index (κ3) is 3.03. The van der Waals surface area contributed by atoms with Gasteiger partial charge < -0.3 is 9.84 Å². The van der Waals surface area contributed by atoms with Crippen LogP contribution in [0.4, 0.5) is 4.39 Å². The molecule has 5 rings (SSSR count). The Morgan fingerprint density at radius 3 is 2.81 bits per heavy atom. The molecule has 0 saturated carbocycles. The van der Waals surface area contributed by atoms with Crippen LogP contribution in [0.15, 0.2) is 42.6 Å². The summed E-state index contributed by atoms with van der Waals surface area (Å²) in [5.41, 5.74) is 5.54. The van der Waals surface area contributed by atoms with Gasteiger partial charge in [0, 0.05) is 29.0 Å². The van der Waals surface area contributed by atoms with Crippen molar-refractivity contribution in [3.05, 3.63) is 70.7 Å². The maximum Gasteiger partial charge on any atom is 0.307 e. The lowest BCUT2D eigenvalue weighted by Gasteiger charge is -2.22. The average molecular weight is 415 g/mol. The van der Waals surface area contributed by atoms with E-state index in [1.165, 1.54) is 0 Å². The van der Waals surface area contributed by atoms with Gasteiger partial charge in [0.2, 0.25) is 0 Å².